The number of imidazole rings is 1. The molecular formula is C23H17F3N6O2. The number of ether oxygens (including phenoxy) is 1. The quantitative estimate of drug-likeness (QED) is 0.435. The number of aromatic nitrogens is 3. The number of hydrogen-bond donors (Lipinski definition) is 1. The molecule has 0 fully saturated rings. The molecule has 2 aromatic heterocycles. The molecule has 1 aliphatic rings. The molecule has 172 valence electrons. The zero-order valence-corrected chi connectivity index (χ0v) is 17.8. The van der Waals surface area contributed by atoms with Crippen LogP contribution in [0.25, 0.3) is 21.4 Å². The van der Waals surface area contributed by atoms with Gasteiger partial charge in [-0.2, -0.15) is 13.2 Å². The minimum atomic E-state index is -4.50. The fraction of sp³-hybridized carbons (Fsp3) is 0.217. The first-order valence-corrected chi connectivity index (χ1v) is 10.2. The lowest BCUT2D eigenvalue weighted by Gasteiger charge is -2.34. The highest BCUT2D eigenvalue weighted by molar-refractivity contribution is 6.04. The average Bonchev–Trinajstić information content (AvgIpc) is 3.32. The Hall–Kier alpha value is -4.33. The summed E-state index contributed by atoms with van der Waals surface area (Å²) in [5, 5.41) is 0. The van der Waals surface area contributed by atoms with Crippen LogP contribution >= 0.6 is 0 Å². The van der Waals surface area contributed by atoms with Crippen LogP contribution in [0.5, 0.6) is 5.75 Å². The maximum Gasteiger partial charge on any atom is 0.416 e. The van der Waals surface area contributed by atoms with Gasteiger partial charge in [-0.25, -0.2) is 14.8 Å². The highest BCUT2D eigenvalue weighted by Gasteiger charge is 2.35. The Bertz CT molecular complexity index is 1500. The zero-order chi connectivity index (χ0) is 24.2. The average molecular weight is 466 g/mol. The van der Waals surface area contributed by atoms with E-state index in [1.54, 1.807) is 23.7 Å². The van der Waals surface area contributed by atoms with Gasteiger partial charge in [0.15, 0.2) is 0 Å². The summed E-state index contributed by atoms with van der Waals surface area (Å²) in [6, 6.07) is 5.80. The smallest absolute Gasteiger partial charge is 0.416 e. The van der Waals surface area contributed by atoms with Crippen molar-refractivity contribution in [2.45, 2.75) is 18.6 Å². The molecule has 1 atom stereocenters. The molecule has 0 saturated heterocycles. The number of rotatable bonds is 2. The molecule has 0 bridgehead atoms. The van der Waals surface area contributed by atoms with Gasteiger partial charge in [-0.15, -0.1) is 0 Å². The van der Waals surface area contributed by atoms with E-state index in [-0.39, 0.29) is 29.4 Å². The SMILES string of the molecule is [C-]#[N+]c1cc2nc(N)c3cncn3c2cc1C(=O)N(C)[C@@H]1CCOc2cc(C(F)(F)F)ccc21. The number of nitrogens with zero attached hydrogens (tertiary/aromatic N) is 5. The second-order valence-corrected chi connectivity index (χ2v) is 7.94. The molecule has 2 N–H and O–H groups in total. The summed E-state index contributed by atoms with van der Waals surface area (Å²) in [4.78, 5) is 26.9. The van der Waals surface area contributed by atoms with Crippen LogP contribution in [0.3, 0.4) is 0 Å². The van der Waals surface area contributed by atoms with E-state index in [0.717, 1.165) is 12.1 Å². The van der Waals surface area contributed by atoms with Crippen LogP contribution in [0, 0.1) is 6.57 Å². The van der Waals surface area contributed by atoms with Crippen molar-refractivity contribution in [1.29, 1.82) is 0 Å². The highest BCUT2D eigenvalue weighted by Crippen LogP contribution is 2.40. The number of nitrogen functional groups attached to an aromatic ring is 1. The molecule has 11 heteroatoms. The van der Waals surface area contributed by atoms with Crippen molar-refractivity contribution >= 4 is 34.0 Å². The molecule has 5 rings (SSSR count). The number of fused-ring (bicyclic) bond motifs is 4. The molecule has 0 aliphatic carbocycles. The molecule has 0 spiro atoms. The van der Waals surface area contributed by atoms with Crippen LogP contribution in [0.4, 0.5) is 24.7 Å². The maximum atomic E-state index is 13.5. The summed E-state index contributed by atoms with van der Waals surface area (Å²) < 4.78 is 46.5. The van der Waals surface area contributed by atoms with Gasteiger partial charge < -0.3 is 15.4 Å². The Morgan fingerprint density at radius 2 is 2.09 bits per heavy atom. The lowest BCUT2D eigenvalue weighted by atomic mass is 9.96. The summed E-state index contributed by atoms with van der Waals surface area (Å²) in [5.41, 5.74) is 7.42. The van der Waals surface area contributed by atoms with E-state index in [9.17, 15) is 18.0 Å². The standard InChI is InChI=1S/C23H17F3N6O2/c1-28-15-9-16-18(32-11-29-10-19(32)21(27)30-16)8-14(15)22(33)31(2)17-5-6-34-20-7-12(23(24,25)26)3-4-13(17)20/h3-4,7-11,17H,5-6H2,2H3,(H2,27,30)/t17-/m1/s1. The third kappa shape index (κ3) is 3.35. The first-order valence-electron chi connectivity index (χ1n) is 10.2. The van der Waals surface area contributed by atoms with E-state index in [2.05, 4.69) is 14.8 Å². The highest BCUT2D eigenvalue weighted by atomic mass is 19.4. The molecule has 0 saturated carbocycles. The number of alkyl halides is 3. The molecule has 0 radical (unpaired) electrons. The second kappa shape index (κ2) is 7.62. The van der Waals surface area contributed by atoms with Crippen molar-refractivity contribution < 1.29 is 22.7 Å². The van der Waals surface area contributed by atoms with Gasteiger partial charge in [0.05, 0.1) is 48.3 Å². The number of carbonyl (C=O) groups is 1. The monoisotopic (exact) mass is 466 g/mol. The number of nitrogens with two attached hydrogens (primary N) is 1. The lowest BCUT2D eigenvalue weighted by Crippen LogP contribution is -2.34. The summed E-state index contributed by atoms with van der Waals surface area (Å²) >= 11 is 0. The summed E-state index contributed by atoms with van der Waals surface area (Å²) in [6.45, 7) is 7.73. The number of benzene rings is 2. The van der Waals surface area contributed by atoms with E-state index in [1.165, 1.54) is 23.4 Å². The van der Waals surface area contributed by atoms with Gasteiger partial charge in [0, 0.05) is 24.6 Å². The van der Waals surface area contributed by atoms with Crippen LogP contribution < -0.4 is 10.5 Å². The maximum absolute atomic E-state index is 13.5. The summed E-state index contributed by atoms with van der Waals surface area (Å²) in [7, 11) is 1.56. The predicted octanol–water partition coefficient (Wildman–Crippen LogP) is 4.63. The molecule has 4 aromatic rings. The second-order valence-electron chi connectivity index (χ2n) is 7.94. The van der Waals surface area contributed by atoms with E-state index in [0.29, 0.717) is 28.5 Å². The predicted molar refractivity (Wildman–Crippen MR) is 118 cm³/mol. The fourth-order valence-electron chi connectivity index (χ4n) is 4.26. The minimum Gasteiger partial charge on any atom is -0.493 e. The Labute approximate surface area is 191 Å². The Balaban J connectivity index is 1.57. The Kier molecular flexibility index (Phi) is 4.82. The van der Waals surface area contributed by atoms with Gasteiger partial charge in [0.25, 0.3) is 0 Å². The number of hydrogen-bond acceptors (Lipinski definition) is 5. The van der Waals surface area contributed by atoms with Gasteiger partial charge in [-0.1, -0.05) is 6.07 Å². The van der Waals surface area contributed by atoms with Crippen molar-refractivity contribution in [1.82, 2.24) is 19.3 Å². The largest absolute Gasteiger partial charge is 0.493 e. The van der Waals surface area contributed by atoms with Crippen molar-refractivity contribution in [3.05, 3.63) is 71.0 Å². The van der Waals surface area contributed by atoms with Gasteiger partial charge in [-0.3, -0.25) is 9.20 Å². The van der Waals surface area contributed by atoms with Crippen LogP contribution in [0.1, 0.15) is 33.9 Å². The molecule has 1 amide bonds. The lowest BCUT2D eigenvalue weighted by molar-refractivity contribution is -0.137. The molecule has 3 heterocycles. The van der Waals surface area contributed by atoms with Crippen molar-refractivity contribution in [2.24, 2.45) is 0 Å². The van der Waals surface area contributed by atoms with Gasteiger partial charge >= 0.3 is 6.18 Å². The molecule has 34 heavy (non-hydrogen) atoms. The molecular weight excluding hydrogens is 449 g/mol. The van der Waals surface area contributed by atoms with Crippen LogP contribution in [0.15, 0.2) is 42.9 Å². The van der Waals surface area contributed by atoms with Gasteiger partial charge in [-0.05, 0) is 24.3 Å². The van der Waals surface area contributed by atoms with Gasteiger partial charge in [0.2, 0.25) is 11.6 Å². The zero-order valence-electron chi connectivity index (χ0n) is 17.8. The van der Waals surface area contributed by atoms with Crippen LogP contribution in [0.2, 0.25) is 0 Å². The number of carbonyl (C=O) groups excluding carboxylic acids is 1. The normalized spacial score (nSPS) is 15.6. The van der Waals surface area contributed by atoms with E-state index < -0.39 is 23.7 Å². The summed E-state index contributed by atoms with van der Waals surface area (Å²) in [5.74, 6) is -0.112. The fourth-order valence-corrected chi connectivity index (χ4v) is 4.26. The molecule has 2 aromatic carbocycles. The third-order valence-corrected chi connectivity index (χ3v) is 5.98. The first kappa shape index (κ1) is 21.5. The van der Waals surface area contributed by atoms with Crippen LogP contribution in [-0.4, -0.2) is 38.8 Å². The Morgan fingerprint density at radius 1 is 1.29 bits per heavy atom. The molecule has 0 unspecified atom stereocenters. The summed E-state index contributed by atoms with van der Waals surface area (Å²) in [6.07, 6.45) is -1.02. The first-order chi connectivity index (χ1) is 16.2. The minimum absolute atomic E-state index is 0.0921. The topological polar surface area (TPSA) is 90.1 Å². The molecule has 1 aliphatic heterocycles. The van der Waals surface area contributed by atoms with Gasteiger partial charge in [0.1, 0.15) is 17.1 Å². The number of halogens is 3. The Morgan fingerprint density at radius 3 is 2.82 bits per heavy atom. The van der Waals surface area contributed by atoms with Crippen molar-refractivity contribution in [3.8, 4) is 5.75 Å². The number of amides is 1. The molecule has 8 nitrogen and oxygen atoms in total. The third-order valence-electron chi connectivity index (χ3n) is 5.98. The van der Waals surface area contributed by atoms with Crippen molar-refractivity contribution in [2.75, 3.05) is 19.4 Å². The number of anilines is 1. The van der Waals surface area contributed by atoms with Crippen LogP contribution in [-0.2, 0) is 6.18 Å². The van der Waals surface area contributed by atoms with Crippen molar-refractivity contribution in [3.63, 3.8) is 0 Å². The van der Waals surface area contributed by atoms with E-state index in [4.69, 9.17) is 17.0 Å². The van der Waals surface area contributed by atoms with E-state index in [1.807, 2.05) is 0 Å². The van der Waals surface area contributed by atoms with E-state index >= 15 is 0 Å².